The van der Waals surface area contributed by atoms with E-state index in [-0.39, 0.29) is 24.0 Å². The first kappa shape index (κ1) is 17.9. The molecule has 2 rings (SSSR count). The third-order valence-electron chi connectivity index (χ3n) is 3.64. The van der Waals surface area contributed by atoms with Gasteiger partial charge in [0.1, 0.15) is 0 Å². The van der Waals surface area contributed by atoms with Crippen molar-refractivity contribution >= 4 is 29.9 Å². The van der Waals surface area contributed by atoms with Crippen molar-refractivity contribution in [1.29, 1.82) is 0 Å². The minimum absolute atomic E-state index is 0. The number of ether oxygens (including phenoxy) is 2. The van der Waals surface area contributed by atoms with E-state index in [2.05, 4.69) is 14.8 Å². The number of guanidine groups is 1. The van der Waals surface area contributed by atoms with Crippen LogP contribution >= 0.6 is 24.0 Å². The van der Waals surface area contributed by atoms with Crippen molar-refractivity contribution in [2.24, 2.45) is 10.7 Å². The fourth-order valence-corrected chi connectivity index (χ4v) is 2.31. The maximum atomic E-state index is 6.00. The van der Waals surface area contributed by atoms with Crippen molar-refractivity contribution in [2.45, 2.75) is 18.9 Å². The molecule has 6 nitrogen and oxygen atoms in total. The molecule has 0 aromatic rings. The van der Waals surface area contributed by atoms with Gasteiger partial charge in [-0.25, -0.2) is 0 Å². The molecule has 0 radical (unpaired) electrons. The van der Waals surface area contributed by atoms with Crippen LogP contribution in [0.3, 0.4) is 0 Å². The molecule has 2 N–H and O–H groups in total. The number of nitrogens with two attached hydrogens (primary N) is 1. The number of hydrogen-bond acceptors (Lipinski definition) is 4. The van der Waals surface area contributed by atoms with Crippen LogP contribution in [0.25, 0.3) is 0 Å². The number of aliphatic imine (C=N–C) groups is 1. The second-order valence-corrected chi connectivity index (χ2v) is 5.10. The maximum absolute atomic E-state index is 6.00. The van der Waals surface area contributed by atoms with Gasteiger partial charge in [0.2, 0.25) is 0 Å². The maximum Gasteiger partial charge on any atom is 0.191 e. The van der Waals surface area contributed by atoms with Gasteiger partial charge in [0.15, 0.2) is 5.96 Å². The molecule has 1 aliphatic heterocycles. The van der Waals surface area contributed by atoms with Crippen molar-refractivity contribution in [3.63, 3.8) is 0 Å². The molecule has 2 aliphatic rings. The number of nitrogens with zero attached hydrogens (tertiary/aromatic N) is 3. The highest BCUT2D eigenvalue weighted by Crippen LogP contribution is 2.26. The molecular weight excluding hydrogens is 371 g/mol. The monoisotopic (exact) mass is 398 g/mol. The zero-order valence-corrected chi connectivity index (χ0v) is 14.6. The van der Waals surface area contributed by atoms with E-state index < -0.39 is 0 Å². The Bertz CT molecular complexity index is 294. The van der Waals surface area contributed by atoms with E-state index in [1.54, 1.807) is 7.11 Å². The molecule has 7 heteroatoms. The molecule has 0 aromatic heterocycles. The zero-order chi connectivity index (χ0) is 13.5. The average molecular weight is 398 g/mol. The van der Waals surface area contributed by atoms with Crippen LogP contribution in [0.5, 0.6) is 0 Å². The predicted molar refractivity (Wildman–Crippen MR) is 90.8 cm³/mol. The van der Waals surface area contributed by atoms with Crippen LogP contribution in [0.2, 0.25) is 0 Å². The molecule has 1 saturated carbocycles. The Morgan fingerprint density at radius 1 is 1.35 bits per heavy atom. The highest BCUT2D eigenvalue weighted by Gasteiger charge is 2.28. The molecule has 1 heterocycles. The fourth-order valence-electron chi connectivity index (χ4n) is 2.31. The van der Waals surface area contributed by atoms with Gasteiger partial charge in [0.05, 0.1) is 26.4 Å². The molecule has 0 aromatic carbocycles. The van der Waals surface area contributed by atoms with Crippen LogP contribution in [-0.2, 0) is 9.47 Å². The van der Waals surface area contributed by atoms with E-state index in [4.69, 9.17) is 15.2 Å². The number of hydrogen-bond donors (Lipinski definition) is 1. The van der Waals surface area contributed by atoms with E-state index in [0.29, 0.717) is 5.96 Å². The van der Waals surface area contributed by atoms with Gasteiger partial charge < -0.3 is 20.1 Å². The van der Waals surface area contributed by atoms with Gasteiger partial charge in [0.25, 0.3) is 0 Å². The average Bonchev–Trinajstić information content (AvgIpc) is 3.28. The van der Waals surface area contributed by atoms with Crippen molar-refractivity contribution in [2.75, 3.05) is 59.7 Å². The van der Waals surface area contributed by atoms with E-state index in [1.165, 1.54) is 12.8 Å². The normalized spacial score (nSPS) is 20.1. The topological polar surface area (TPSA) is 63.3 Å². The Labute approximate surface area is 138 Å². The summed E-state index contributed by atoms with van der Waals surface area (Å²) in [7, 11) is 1.75. The van der Waals surface area contributed by atoms with Crippen molar-refractivity contribution in [3.8, 4) is 0 Å². The molecule has 20 heavy (non-hydrogen) atoms. The second kappa shape index (κ2) is 9.75. The fraction of sp³-hybridized carbons (Fsp3) is 0.923. The summed E-state index contributed by atoms with van der Waals surface area (Å²) in [6, 6.07) is 0.745. The zero-order valence-electron chi connectivity index (χ0n) is 12.3. The van der Waals surface area contributed by atoms with Gasteiger partial charge in [-0.05, 0) is 12.8 Å². The van der Waals surface area contributed by atoms with Gasteiger partial charge in [-0.1, -0.05) is 0 Å². The molecule has 2 fully saturated rings. The van der Waals surface area contributed by atoms with E-state index in [9.17, 15) is 0 Å². The molecule has 0 atom stereocenters. The van der Waals surface area contributed by atoms with Gasteiger partial charge >= 0.3 is 0 Å². The Hall–Kier alpha value is -0.120. The molecule has 1 saturated heterocycles. The molecule has 0 amide bonds. The van der Waals surface area contributed by atoms with Crippen LogP contribution in [0.4, 0.5) is 0 Å². The Morgan fingerprint density at radius 2 is 2.05 bits per heavy atom. The summed E-state index contributed by atoms with van der Waals surface area (Å²) in [6.07, 6.45) is 2.62. The van der Waals surface area contributed by atoms with Crippen molar-refractivity contribution < 1.29 is 9.47 Å². The van der Waals surface area contributed by atoms with Crippen LogP contribution in [0, 0.1) is 0 Å². The molecule has 118 valence electrons. The highest BCUT2D eigenvalue weighted by atomic mass is 127. The lowest BCUT2D eigenvalue weighted by atomic mass is 10.4. The Kier molecular flexibility index (Phi) is 8.74. The van der Waals surface area contributed by atoms with Crippen LogP contribution in [-0.4, -0.2) is 81.5 Å². The summed E-state index contributed by atoms with van der Waals surface area (Å²) in [5.74, 6) is 0.658. The van der Waals surface area contributed by atoms with Crippen molar-refractivity contribution in [3.05, 3.63) is 0 Å². The first-order chi connectivity index (χ1) is 9.31. The molecular formula is C13H27IN4O2. The highest BCUT2D eigenvalue weighted by molar-refractivity contribution is 14.0. The van der Waals surface area contributed by atoms with Crippen LogP contribution in [0.1, 0.15) is 12.8 Å². The first-order valence-electron chi connectivity index (χ1n) is 7.17. The number of halogens is 1. The summed E-state index contributed by atoms with van der Waals surface area (Å²) in [6.45, 7) is 6.73. The summed E-state index contributed by atoms with van der Waals surface area (Å²) in [4.78, 5) is 9.04. The second-order valence-electron chi connectivity index (χ2n) is 5.10. The summed E-state index contributed by atoms with van der Waals surface area (Å²) >= 11 is 0. The number of rotatable bonds is 7. The van der Waals surface area contributed by atoms with E-state index >= 15 is 0 Å². The lowest BCUT2D eigenvalue weighted by Gasteiger charge is -2.28. The summed E-state index contributed by atoms with van der Waals surface area (Å²) in [5.41, 5.74) is 6.00. The SMILES string of the molecule is COCCN(CCN=C(N)N1CCOCC1)C1CC1.I. The largest absolute Gasteiger partial charge is 0.383 e. The standard InChI is InChI=1S/C13H26N4O2.HI/c1-18-9-6-16(12-2-3-12)5-4-15-13(14)17-7-10-19-11-8-17;/h12H,2-11H2,1H3,(H2,14,15);1H. The lowest BCUT2D eigenvalue weighted by molar-refractivity contribution is 0.0674. The molecule has 1 aliphatic carbocycles. The third-order valence-corrected chi connectivity index (χ3v) is 3.64. The van der Waals surface area contributed by atoms with Gasteiger partial charge in [-0.3, -0.25) is 9.89 Å². The minimum Gasteiger partial charge on any atom is -0.383 e. The van der Waals surface area contributed by atoms with Crippen molar-refractivity contribution in [1.82, 2.24) is 9.80 Å². The quantitative estimate of drug-likeness (QED) is 0.381. The summed E-state index contributed by atoms with van der Waals surface area (Å²) < 4.78 is 10.5. The van der Waals surface area contributed by atoms with Crippen LogP contribution in [0.15, 0.2) is 4.99 Å². The van der Waals surface area contributed by atoms with Gasteiger partial charge in [-0.15, -0.1) is 24.0 Å². The molecule has 0 unspecified atom stereocenters. The van der Waals surface area contributed by atoms with Gasteiger partial charge in [-0.2, -0.15) is 0 Å². The molecule has 0 spiro atoms. The summed E-state index contributed by atoms with van der Waals surface area (Å²) in [5, 5.41) is 0. The smallest absolute Gasteiger partial charge is 0.191 e. The van der Waals surface area contributed by atoms with E-state index in [1.807, 2.05) is 0 Å². The number of morpholine rings is 1. The lowest BCUT2D eigenvalue weighted by Crippen LogP contribution is -2.45. The molecule has 0 bridgehead atoms. The van der Waals surface area contributed by atoms with Gasteiger partial charge in [0, 0.05) is 39.3 Å². The first-order valence-corrected chi connectivity index (χ1v) is 7.17. The predicted octanol–water partition coefficient (Wildman–Crippen LogP) is 0.362. The Balaban J connectivity index is 0.00000200. The third kappa shape index (κ3) is 6.11. The number of methoxy groups -OCH3 is 1. The minimum atomic E-state index is 0. The Morgan fingerprint density at radius 3 is 2.65 bits per heavy atom. The van der Waals surface area contributed by atoms with E-state index in [0.717, 1.165) is 58.6 Å². The van der Waals surface area contributed by atoms with Crippen LogP contribution < -0.4 is 5.73 Å².